The second kappa shape index (κ2) is 5.66. The van der Waals surface area contributed by atoms with Crippen molar-refractivity contribution in [3.8, 4) is 0 Å². The third kappa shape index (κ3) is 3.02. The van der Waals surface area contributed by atoms with Crippen LogP contribution in [-0.2, 0) is 6.54 Å². The monoisotopic (exact) mass is 291 g/mol. The maximum absolute atomic E-state index is 5.92. The standard InChI is InChI=1S/C16H18ClNS/c1-11-6-7-19-16(11)10-18-15-8-13(9-15)12-2-4-14(17)5-3-12/h2-7,13,15,18H,8-10H2,1H3. The maximum Gasteiger partial charge on any atom is 0.0406 e. The SMILES string of the molecule is Cc1ccsc1CNC1CC(c2ccc(Cl)cc2)C1. The predicted octanol–water partition coefficient (Wildman–Crippen LogP) is 4.75. The second-order valence-corrected chi connectivity index (χ2v) is 6.76. The van der Waals surface area contributed by atoms with Gasteiger partial charge in [-0.1, -0.05) is 23.7 Å². The van der Waals surface area contributed by atoms with Gasteiger partial charge in [0.2, 0.25) is 0 Å². The highest BCUT2D eigenvalue weighted by Gasteiger charge is 2.29. The Morgan fingerprint density at radius 2 is 1.95 bits per heavy atom. The number of hydrogen-bond acceptors (Lipinski definition) is 2. The first-order valence-electron chi connectivity index (χ1n) is 6.74. The molecule has 0 unspecified atom stereocenters. The molecule has 1 aliphatic carbocycles. The number of benzene rings is 1. The highest BCUT2D eigenvalue weighted by atomic mass is 35.5. The molecule has 100 valence electrons. The van der Waals surface area contributed by atoms with Gasteiger partial charge in [0.15, 0.2) is 0 Å². The zero-order valence-electron chi connectivity index (χ0n) is 11.0. The minimum absolute atomic E-state index is 0.669. The minimum Gasteiger partial charge on any atom is -0.309 e. The van der Waals surface area contributed by atoms with Crippen LogP contribution in [0.3, 0.4) is 0 Å². The summed E-state index contributed by atoms with van der Waals surface area (Å²) in [5.41, 5.74) is 2.83. The Morgan fingerprint density at radius 1 is 1.21 bits per heavy atom. The van der Waals surface area contributed by atoms with Crippen molar-refractivity contribution in [1.29, 1.82) is 0 Å². The molecule has 1 aromatic carbocycles. The Bertz CT molecular complexity index is 540. The summed E-state index contributed by atoms with van der Waals surface area (Å²) in [6, 6.07) is 11.2. The number of nitrogens with one attached hydrogen (secondary N) is 1. The minimum atomic E-state index is 0.669. The number of hydrogen-bond donors (Lipinski definition) is 1. The summed E-state index contributed by atoms with van der Waals surface area (Å²) in [5, 5.41) is 6.65. The molecular formula is C16H18ClNS. The van der Waals surface area contributed by atoms with Gasteiger partial charge in [0.05, 0.1) is 0 Å². The molecule has 0 amide bonds. The zero-order chi connectivity index (χ0) is 13.2. The topological polar surface area (TPSA) is 12.0 Å². The van der Waals surface area contributed by atoms with Crippen LogP contribution in [0, 0.1) is 6.92 Å². The number of aryl methyl sites for hydroxylation is 1. The van der Waals surface area contributed by atoms with Crippen LogP contribution in [0.1, 0.15) is 34.8 Å². The fourth-order valence-electron chi connectivity index (χ4n) is 2.61. The summed E-state index contributed by atoms with van der Waals surface area (Å²) < 4.78 is 0. The molecule has 3 rings (SSSR count). The van der Waals surface area contributed by atoms with Crippen LogP contribution >= 0.6 is 22.9 Å². The molecule has 0 spiro atoms. The summed E-state index contributed by atoms with van der Waals surface area (Å²) >= 11 is 7.76. The van der Waals surface area contributed by atoms with E-state index in [1.165, 1.54) is 28.8 Å². The molecular weight excluding hydrogens is 274 g/mol. The van der Waals surface area contributed by atoms with E-state index in [0.717, 1.165) is 11.6 Å². The van der Waals surface area contributed by atoms with Crippen LogP contribution in [0.15, 0.2) is 35.7 Å². The van der Waals surface area contributed by atoms with E-state index in [9.17, 15) is 0 Å². The van der Waals surface area contributed by atoms with E-state index in [4.69, 9.17) is 11.6 Å². The van der Waals surface area contributed by atoms with Gasteiger partial charge >= 0.3 is 0 Å². The lowest BCUT2D eigenvalue weighted by Gasteiger charge is -2.36. The molecule has 0 radical (unpaired) electrons. The van der Waals surface area contributed by atoms with Gasteiger partial charge in [-0.2, -0.15) is 0 Å². The lowest BCUT2D eigenvalue weighted by atomic mass is 9.76. The molecule has 0 saturated heterocycles. The van der Waals surface area contributed by atoms with Gasteiger partial charge in [-0.05, 0) is 60.4 Å². The third-order valence-corrected chi connectivity index (χ3v) is 5.27. The van der Waals surface area contributed by atoms with Gasteiger partial charge in [-0.3, -0.25) is 0 Å². The lowest BCUT2D eigenvalue weighted by molar-refractivity contribution is 0.290. The zero-order valence-corrected chi connectivity index (χ0v) is 12.6. The van der Waals surface area contributed by atoms with Crippen molar-refractivity contribution in [2.45, 2.75) is 38.3 Å². The van der Waals surface area contributed by atoms with Gasteiger partial charge in [0.1, 0.15) is 0 Å². The quantitative estimate of drug-likeness (QED) is 0.857. The van der Waals surface area contributed by atoms with E-state index in [2.05, 4.69) is 35.8 Å². The van der Waals surface area contributed by atoms with Crippen LogP contribution in [0.2, 0.25) is 5.02 Å². The highest BCUT2D eigenvalue weighted by molar-refractivity contribution is 7.10. The van der Waals surface area contributed by atoms with Crippen LogP contribution in [0.5, 0.6) is 0 Å². The molecule has 19 heavy (non-hydrogen) atoms. The van der Waals surface area contributed by atoms with Gasteiger partial charge in [0.25, 0.3) is 0 Å². The van der Waals surface area contributed by atoms with E-state index >= 15 is 0 Å². The Hall–Kier alpha value is -0.830. The fourth-order valence-corrected chi connectivity index (χ4v) is 3.60. The number of rotatable bonds is 4. The summed E-state index contributed by atoms with van der Waals surface area (Å²) in [5.74, 6) is 0.708. The number of halogens is 1. The predicted molar refractivity (Wildman–Crippen MR) is 83.1 cm³/mol. The van der Waals surface area contributed by atoms with Crippen molar-refractivity contribution >= 4 is 22.9 Å². The first-order valence-corrected chi connectivity index (χ1v) is 8.00. The van der Waals surface area contributed by atoms with Gasteiger partial charge in [-0.25, -0.2) is 0 Å². The average Bonchev–Trinajstić information content (AvgIpc) is 2.75. The third-order valence-electron chi connectivity index (χ3n) is 4.00. The smallest absolute Gasteiger partial charge is 0.0406 e. The largest absolute Gasteiger partial charge is 0.309 e. The Kier molecular flexibility index (Phi) is 3.92. The summed E-state index contributed by atoms with van der Waals surface area (Å²) in [6.45, 7) is 3.20. The molecule has 1 fully saturated rings. The molecule has 0 bridgehead atoms. The fraction of sp³-hybridized carbons (Fsp3) is 0.375. The van der Waals surface area contributed by atoms with Crippen molar-refractivity contribution in [3.05, 3.63) is 56.7 Å². The van der Waals surface area contributed by atoms with E-state index in [1.807, 2.05) is 23.5 Å². The average molecular weight is 292 g/mol. The van der Waals surface area contributed by atoms with E-state index in [1.54, 1.807) is 0 Å². The molecule has 1 heterocycles. The van der Waals surface area contributed by atoms with E-state index < -0.39 is 0 Å². The molecule has 1 saturated carbocycles. The van der Waals surface area contributed by atoms with Crippen molar-refractivity contribution < 1.29 is 0 Å². The van der Waals surface area contributed by atoms with Gasteiger partial charge < -0.3 is 5.32 Å². The maximum atomic E-state index is 5.92. The van der Waals surface area contributed by atoms with Crippen LogP contribution in [0.4, 0.5) is 0 Å². The summed E-state index contributed by atoms with van der Waals surface area (Å²) in [6.07, 6.45) is 2.48. The van der Waals surface area contributed by atoms with Gasteiger partial charge in [0, 0.05) is 22.5 Å². The number of thiophene rings is 1. The van der Waals surface area contributed by atoms with Crippen molar-refractivity contribution in [2.75, 3.05) is 0 Å². The molecule has 1 aromatic heterocycles. The molecule has 0 atom stereocenters. The Balaban J connectivity index is 1.48. The van der Waals surface area contributed by atoms with Crippen LogP contribution in [0.25, 0.3) is 0 Å². The first kappa shape index (κ1) is 13.2. The first-order chi connectivity index (χ1) is 9.22. The Labute approximate surface area is 123 Å². The van der Waals surface area contributed by atoms with Crippen molar-refractivity contribution in [3.63, 3.8) is 0 Å². The summed E-state index contributed by atoms with van der Waals surface area (Å²) in [4.78, 5) is 1.47. The molecule has 1 nitrogen and oxygen atoms in total. The van der Waals surface area contributed by atoms with Gasteiger partial charge in [-0.15, -0.1) is 11.3 Å². The highest BCUT2D eigenvalue weighted by Crippen LogP contribution is 2.37. The molecule has 2 aromatic rings. The van der Waals surface area contributed by atoms with Crippen molar-refractivity contribution in [1.82, 2.24) is 5.32 Å². The van der Waals surface area contributed by atoms with Crippen LogP contribution in [-0.4, -0.2) is 6.04 Å². The molecule has 3 heteroatoms. The lowest BCUT2D eigenvalue weighted by Crippen LogP contribution is -2.39. The summed E-state index contributed by atoms with van der Waals surface area (Å²) in [7, 11) is 0. The Morgan fingerprint density at radius 3 is 2.58 bits per heavy atom. The molecule has 1 aliphatic rings. The normalized spacial score (nSPS) is 22.2. The van der Waals surface area contributed by atoms with E-state index in [-0.39, 0.29) is 0 Å². The van der Waals surface area contributed by atoms with Crippen molar-refractivity contribution in [2.24, 2.45) is 0 Å². The molecule has 1 N–H and O–H groups in total. The van der Waals surface area contributed by atoms with Crippen LogP contribution < -0.4 is 5.32 Å². The second-order valence-electron chi connectivity index (χ2n) is 5.32. The van der Waals surface area contributed by atoms with E-state index in [0.29, 0.717) is 12.0 Å². The molecule has 0 aliphatic heterocycles.